The number of hydrogen-bond acceptors (Lipinski definition) is 15. The van der Waals surface area contributed by atoms with E-state index in [1.54, 1.807) is 48.5 Å². The van der Waals surface area contributed by atoms with E-state index in [2.05, 4.69) is 61.8 Å². The Kier molecular flexibility index (Phi) is 36.9. The number of unbranched alkanes of at least 4 members (excludes halogenated alkanes) is 16. The van der Waals surface area contributed by atoms with Crippen LogP contribution in [0.4, 0.5) is 61.5 Å². The number of ether oxygens (including phenoxy) is 8. The van der Waals surface area contributed by atoms with Crippen LogP contribution in [0.25, 0.3) is 22.3 Å². The van der Waals surface area contributed by atoms with Gasteiger partial charge in [-0.05, 0) is 198 Å². The van der Waals surface area contributed by atoms with Gasteiger partial charge in [0.05, 0.1) is 34.4 Å². The summed E-state index contributed by atoms with van der Waals surface area (Å²) in [6, 6.07) is 37.8. The Morgan fingerprint density at radius 1 is 0.350 bits per heavy atom. The number of hydrogen-bond donors (Lipinski definition) is 0. The SMILES string of the molecule is C[C@@H](Oc1ccc(C(=O)Oc2ccc(-c3ccc(OCCCCCCCCCCC[Si](C)(C)O[Si](C)(C)O[Si](C)(C)O[Si](C)(C)CCCCCCCCCCCOc4ccc(-c5ccc(OC(=O)c6ccc(O[C@H](C)C(=O)OCC(F)(F)C(F)(F)C(F)(F)F)c(Cl)c6)cc5)cc4)cc3)cc2)cc1Cl)C(=O)OCC(F)(F)C(F)(F)C(F)(F)F. The molecule has 0 bridgehead atoms. The molecule has 0 aromatic heterocycles. The van der Waals surface area contributed by atoms with Gasteiger partial charge >= 0.3 is 77.0 Å². The largest absolute Gasteiger partial charge is 0.494 e. The number of halogens is 16. The maximum atomic E-state index is 13.6. The monoisotopic (exact) mass is 1770 g/mol. The molecule has 0 unspecified atom stereocenters. The highest BCUT2D eigenvalue weighted by molar-refractivity contribution is 6.89. The van der Waals surface area contributed by atoms with E-state index in [4.69, 9.17) is 64.0 Å². The van der Waals surface area contributed by atoms with Crippen molar-refractivity contribution < 1.29 is 131 Å². The third-order valence-corrected chi connectivity index (χ3v) is 34.4. The van der Waals surface area contributed by atoms with Gasteiger partial charge in [0.25, 0.3) is 0 Å². The van der Waals surface area contributed by atoms with Crippen molar-refractivity contribution in [3.05, 3.63) is 155 Å². The third-order valence-electron chi connectivity index (χ3n) is 18.5. The van der Waals surface area contributed by atoms with Crippen LogP contribution in [-0.4, -0.2) is 132 Å². The van der Waals surface area contributed by atoms with Crippen molar-refractivity contribution in [2.24, 2.45) is 0 Å². The smallest absolute Gasteiger partial charge is 0.460 e. The highest BCUT2D eigenvalue weighted by atomic mass is 35.5. The second-order valence-corrected chi connectivity index (χ2v) is 47.5. The molecule has 0 aliphatic rings. The van der Waals surface area contributed by atoms with Gasteiger partial charge in [0, 0.05) is 0 Å². The minimum Gasteiger partial charge on any atom is -0.494 e. The summed E-state index contributed by atoms with van der Waals surface area (Å²) in [6.45, 7) is 15.9. The zero-order valence-corrected chi connectivity index (χ0v) is 72.5. The first-order chi connectivity index (χ1) is 54.5. The summed E-state index contributed by atoms with van der Waals surface area (Å²) in [7, 11) is -8.84. The van der Waals surface area contributed by atoms with Crippen LogP contribution < -0.4 is 28.4 Å². The molecule has 0 N–H and O–H groups in total. The van der Waals surface area contributed by atoms with Crippen molar-refractivity contribution in [1.82, 2.24) is 0 Å². The quantitative estimate of drug-likeness (QED) is 0.0116. The van der Waals surface area contributed by atoms with Crippen molar-refractivity contribution in [3.8, 4) is 56.8 Å². The van der Waals surface area contributed by atoms with Gasteiger partial charge in [-0.2, -0.15) is 61.5 Å². The molecule has 0 saturated carbocycles. The fourth-order valence-electron chi connectivity index (χ4n) is 12.6. The lowest BCUT2D eigenvalue weighted by Gasteiger charge is -2.41. The first-order valence-electron chi connectivity index (χ1n) is 38.6. The zero-order valence-electron chi connectivity index (χ0n) is 67.0. The van der Waals surface area contributed by atoms with Crippen LogP contribution in [0.15, 0.2) is 133 Å². The van der Waals surface area contributed by atoms with Crippen molar-refractivity contribution in [3.63, 3.8) is 0 Å². The van der Waals surface area contributed by atoms with Gasteiger partial charge in [0.15, 0.2) is 42.1 Å². The van der Waals surface area contributed by atoms with Crippen LogP contribution in [0.1, 0.15) is 150 Å². The van der Waals surface area contributed by atoms with E-state index in [9.17, 15) is 80.6 Å². The molecule has 35 heteroatoms. The molecular weight excluding hydrogens is 1670 g/mol. The highest BCUT2D eigenvalue weighted by Crippen LogP contribution is 2.48. The summed E-state index contributed by atoms with van der Waals surface area (Å²) in [4.78, 5) is 50.1. The van der Waals surface area contributed by atoms with Crippen LogP contribution in [-0.2, 0) is 31.4 Å². The minimum absolute atomic E-state index is 0.0512. The summed E-state index contributed by atoms with van der Waals surface area (Å²) in [6.07, 6.45) is 3.90. The lowest BCUT2D eigenvalue weighted by atomic mass is 10.1. The lowest BCUT2D eigenvalue weighted by molar-refractivity contribution is -0.360. The van der Waals surface area contributed by atoms with E-state index in [1.807, 2.05) is 48.5 Å². The van der Waals surface area contributed by atoms with E-state index in [-0.39, 0.29) is 44.2 Å². The standard InChI is InChI=1S/C82H102Cl2F14O15Si4/c1-57(73(99)105-55-77(85,86)79(89,90)81(93,94)95)107-71-47-37-63(53-69(71)83)75(101)109-67-43-33-61(34-44-67)59-29-39-65(40-30-59)103-49-25-21-17-13-11-15-19-23-27-51-114(3,4)111-116(7,8)113-117(9,10)112-115(5,6)52-28-24-20-16-12-14-18-22-26-50-104-66-41-31-60(32-42-66)62-35-45-68(46-36-62)110-76(102)64-38-48-72(70(84)54-64)108-58(2)74(100)106-56-78(87,88)80(91,92)82(96,97)98/h29-48,53-54,57-58H,11-28,49-52,55-56H2,1-10H3/t57-,58-/m1/s1. The van der Waals surface area contributed by atoms with Crippen molar-refractivity contribution >= 4 is 80.8 Å². The van der Waals surface area contributed by atoms with Crippen LogP contribution >= 0.6 is 23.2 Å². The van der Waals surface area contributed by atoms with Gasteiger partial charge < -0.3 is 50.2 Å². The topological polar surface area (TPSA) is 170 Å². The number of rotatable bonds is 50. The van der Waals surface area contributed by atoms with Crippen molar-refractivity contribution in [1.29, 1.82) is 0 Å². The zero-order chi connectivity index (χ0) is 86.9. The Hall–Kier alpha value is -7.25. The van der Waals surface area contributed by atoms with E-state index in [1.165, 1.54) is 76.3 Å². The van der Waals surface area contributed by atoms with Crippen LogP contribution in [0.2, 0.25) is 74.5 Å². The maximum Gasteiger partial charge on any atom is 0.460 e. The van der Waals surface area contributed by atoms with Crippen LogP contribution in [0.3, 0.4) is 0 Å². The molecule has 0 aliphatic heterocycles. The van der Waals surface area contributed by atoms with Crippen molar-refractivity contribution in [2.45, 2.75) is 242 Å². The minimum atomic E-state index is -6.60. The lowest BCUT2D eigenvalue weighted by Crippen LogP contribution is -2.56. The molecule has 6 aromatic rings. The highest BCUT2D eigenvalue weighted by Gasteiger charge is 2.74. The molecule has 648 valence electrons. The third kappa shape index (κ3) is 32.0. The summed E-state index contributed by atoms with van der Waals surface area (Å²) in [5.41, 5.74) is 3.37. The second kappa shape index (κ2) is 43.8. The number of alkyl halides is 14. The number of benzene rings is 6. The molecule has 6 aromatic carbocycles. The molecule has 15 nitrogen and oxygen atoms in total. The fraction of sp³-hybridized carbons (Fsp3) is 0.512. The molecule has 0 aliphatic carbocycles. The Balaban J connectivity index is 0.736. The summed E-state index contributed by atoms with van der Waals surface area (Å²) in [5, 5.41) is -0.497. The van der Waals surface area contributed by atoms with Crippen molar-refractivity contribution in [2.75, 3.05) is 26.4 Å². The van der Waals surface area contributed by atoms with Gasteiger partial charge in [0.1, 0.15) is 34.5 Å². The average Bonchev–Trinajstić information content (AvgIpc) is 0.782. The molecule has 0 amide bonds. The summed E-state index contributed by atoms with van der Waals surface area (Å²) < 4.78 is 244. The summed E-state index contributed by atoms with van der Waals surface area (Å²) >= 11 is 12.4. The van der Waals surface area contributed by atoms with Gasteiger partial charge in [-0.1, -0.05) is 174 Å². The van der Waals surface area contributed by atoms with E-state index in [0.29, 0.717) is 13.2 Å². The van der Waals surface area contributed by atoms with Gasteiger partial charge in [-0.15, -0.1) is 0 Å². The number of esters is 4. The first-order valence-corrected chi connectivity index (χ1v) is 51.3. The van der Waals surface area contributed by atoms with E-state index >= 15 is 0 Å². The normalized spacial score (nSPS) is 13.4. The summed E-state index contributed by atoms with van der Waals surface area (Å²) in [5.74, 6) is -28.1. The predicted molar refractivity (Wildman–Crippen MR) is 427 cm³/mol. The number of carbonyl (C=O) groups excluding carboxylic acids is 4. The molecule has 0 saturated heterocycles. The molecule has 0 spiro atoms. The van der Waals surface area contributed by atoms with Crippen LogP contribution in [0.5, 0.6) is 34.5 Å². The predicted octanol–water partition coefficient (Wildman–Crippen LogP) is 25.4. The van der Waals surface area contributed by atoms with Crippen LogP contribution in [0, 0.1) is 0 Å². The Bertz CT molecular complexity index is 3860. The molecule has 0 fully saturated rings. The molecule has 117 heavy (non-hydrogen) atoms. The maximum absolute atomic E-state index is 13.6. The molecular formula is C82H102Cl2F14O15Si4. The van der Waals surface area contributed by atoms with Gasteiger partial charge in [0.2, 0.25) is 0 Å². The fourth-order valence-corrected chi connectivity index (χ4v) is 32.5. The number of carbonyl (C=O) groups is 4. The Morgan fingerprint density at radius 3 is 0.889 bits per heavy atom. The Labute approximate surface area is 688 Å². The molecule has 0 radical (unpaired) electrons. The molecule has 2 atom stereocenters. The molecule has 6 rings (SSSR count). The van der Waals surface area contributed by atoms with E-state index < -0.39 is 119 Å². The molecule has 0 heterocycles. The van der Waals surface area contributed by atoms with E-state index in [0.717, 1.165) is 135 Å². The average molecular weight is 1780 g/mol. The first kappa shape index (κ1) is 98.6. The second-order valence-electron chi connectivity index (χ2n) is 30.6. The van der Waals surface area contributed by atoms with Gasteiger partial charge in [-0.25, -0.2) is 19.2 Å². The van der Waals surface area contributed by atoms with Gasteiger partial charge in [-0.3, -0.25) is 0 Å². The Morgan fingerprint density at radius 2 is 0.615 bits per heavy atom.